The maximum absolute atomic E-state index is 14.1. The molecule has 4 amide bonds. The Hall–Kier alpha value is -6.11. The predicted octanol–water partition coefficient (Wildman–Crippen LogP) is 8.04. The number of para-hydroxylation sites is 1. The van der Waals surface area contributed by atoms with Crippen molar-refractivity contribution in [3.8, 4) is 0 Å². The molecule has 5 aromatic rings. The van der Waals surface area contributed by atoms with E-state index in [9.17, 15) is 19.2 Å². The zero-order chi connectivity index (χ0) is 43.4. The normalized spacial score (nSPS) is 14.5. The van der Waals surface area contributed by atoms with Crippen LogP contribution in [0.3, 0.4) is 0 Å². The van der Waals surface area contributed by atoms with E-state index >= 15 is 0 Å². The average Bonchev–Trinajstić information content (AvgIpc) is 3.91. The number of carbonyl (C=O) groups excluding carboxylic acids is 4. The number of piperidine rings is 1. The lowest BCUT2D eigenvalue weighted by Crippen LogP contribution is -2.50. The molecule has 0 radical (unpaired) electrons. The second-order valence-electron chi connectivity index (χ2n) is 17.5. The molecule has 2 aromatic heterocycles. The molecule has 0 saturated carbocycles. The number of amides is 4. The van der Waals surface area contributed by atoms with Crippen LogP contribution in [0.2, 0.25) is 0 Å². The standard InChI is InChI=1S/C48H61N7O6/c1-47(2,3)61-43(56)39(22-14-15-25-49-46(59)60-32-35-18-10-7-11-19-35)52-44(57)48(4,5)41-31-51-42(54-41)40(29-36-30-50-38-21-13-12-20-37(36)38)53-45(58)55-26-23-34(24-27-55)28-33-16-8-6-9-17-33/h6-13,16-21,30-31,34,39-40,50H,14-15,22-29,32H2,1-5H3,(H,49,59)(H,51,54)(H,52,57)(H,53,58). The van der Waals surface area contributed by atoms with Crippen molar-refractivity contribution in [2.75, 3.05) is 19.6 Å². The van der Waals surface area contributed by atoms with Crippen molar-refractivity contribution in [3.63, 3.8) is 0 Å². The summed E-state index contributed by atoms with van der Waals surface area (Å²) in [5.41, 5.74) is 2.85. The molecule has 61 heavy (non-hydrogen) atoms. The van der Waals surface area contributed by atoms with Crippen LogP contribution in [0.25, 0.3) is 10.9 Å². The number of nitrogens with one attached hydrogen (secondary N) is 5. The highest BCUT2D eigenvalue weighted by atomic mass is 16.6. The van der Waals surface area contributed by atoms with E-state index in [4.69, 9.17) is 14.5 Å². The number of aromatic amines is 2. The number of fused-ring (bicyclic) bond motifs is 1. The van der Waals surface area contributed by atoms with Crippen LogP contribution in [0.4, 0.5) is 9.59 Å². The van der Waals surface area contributed by atoms with Crippen LogP contribution in [0.15, 0.2) is 97.3 Å². The van der Waals surface area contributed by atoms with Gasteiger partial charge in [0.2, 0.25) is 5.91 Å². The van der Waals surface area contributed by atoms with Crippen molar-refractivity contribution in [1.82, 2.24) is 35.8 Å². The molecule has 5 N–H and O–H groups in total. The maximum Gasteiger partial charge on any atom is 0.407 e. The lowest BCUT2D eigenvalue weighted by atomic mass is 9.88. The first-order chi connectivity index (χ1) is 29.2. The number of imidazole rings is 1. The summed E-state index contributed by atoms with van der Waals surface area (Å²) in [4.78, 5) is 67.0. The summed E-state index contributed by atoms with van der Waals surface area (Å²) < 4.78 is 11.0. The molecule has 2 atom stereocenters. The number of H-pyrrole nitrogens is 2. The van der Waals surface area contributed by atoms with Gasteiger partial charge in [0.1, 0.15) is 24.1 Å². The van der Waals surface area contributed by atoms with E-state index in [0.717, 1.165) is 41.3 Å². The monoisotopic (exact) mass is 831 g/mol. The van der Waals surface area contributed by atoms with Crippen LogP contribution >= 0.6 is 0 Å². The van der Waals surface area contributed by atoms with Gasteiger partial charge in [-0.05, 0) is 102 Å². The molecule has 0 aliphatic carbocycles. The van der Waals surface area contributed by atoms with Gasteiger partial charge in [0.15, 0.2) is 0 Å². The molecule has 1 aliphatic rings. The minimum absolute atomic E-state index is 0.155. The van der Waals surface area contributed by atoms with E-state index in [1.165, 1.54) is 5.56 Å². The summed E-state index contributed by atoms with van der Waals surface area (Å²) >= 11 is 0. The molecule has 2 unspecified atom stereocenters. The van der Waals surface area contributed by atoms with Crippen molar-refractivity contribution in [2.24, 2.45) is 5.92 Å². The average molecular weight is 832 g/mol. The smallest absolute Gasteiger partial charge is 0.407 e. The number of ether oxygens (including phenoxy) is 2. The molecule has 13 heteroatoms. The zero-order valence-electron chi connectivity index (χ0n) is 36.1. The minimum Gasteiger partial charge on any atom is -0.458 e. The van der Waals surface area contributed by atoms with Gasteiger partial charge in [-0.25, -0.2) is 19.4 Å². The Morgan fingerprint density at radius 2 is 1.52 bits per heavy atom. The van der Waals surface area contributed by atoms with E-state index < -0.39 is 41.1 Å². The van der Waals surface area contributed by atoms with Gasteiger partial charge in [0, 0.05) is 55.0 Å². The van der Waals surface area contributed by atoms with Crippen molar-refractivity contribution >= 4 is 34.9 Å². The number of urea groups is 1. The van der Waals surface area contributed by atoms with Gasteiger partial charge < -0.3 is 40.3 Å². The fourth-order valence-electron chi connectivity index (χ4n) is 7.62. The van der Waals surface area contributed by atoms with Gasteiger partial charge in [-0.2, -0.15) is 0 Å². The molecule has 3 heterocycles. The van der Waals surface area contributed by atoms with Gasteiger partial charge in [-0.1, -0.05) is 78.9 Å². The maximum atomic E-state index is 14.1. The third-order valence-electron chi connectivity index (χ3n) is 11.2. The number of esters is 1. The second kappa shape index (κ2) is 20.4. The largest absolute Gasteiger partial charge is 0.458 e. The Balaban J connectivity index is 1.10. The van der Waals surface area contributed by atoms with Gasteiger partial charge in [-0.15, -0.1) is 0 Å². The highest BCUT2D eigenvalue weighted by Crippen LogP contribution is 2.28. The SMILES string of the molecule is CC(C)(C)OC(=O)C(CCCCNC(=O)OCc1ccccc1)NC(=O)C(C)(C)c1cnc(C(Cc2c[nH]c3ccccc23)NC(=O)N2CCC(Cc3ccccc3)CC2)[nH]1. The molecule has 1 aliphatic heterocycles. The van der Waals surface area contributed by atoms with Gasteiger partial charge >= 0.3 is 18.1 Å². The molecule has 0 bridgehead atoms. The molecule has 324 valence electrons. The molecule has 3 aromatic carbocycles. The number of hydrogen-bond donors (Lipinski definition) is 5. The summed E-state index contributed by atoms with van der Waals surface area (Å²) in [5.74, 6) is 0.106. The van der Waals surface area contributed by atoms with Crippen molar-refractivity contribution in [1.29, 1.82) is 0 Å². The lowest BCUT2D eigenvalue weighted by Gasteiger charge is -2.33. The van der Waals surface area contributed by atoms with E-state index in [0.29, 0.717) is 62.8 Å². The number of nitrogens with zero attached hydrogens (tertiary/aromatic N) is 2. The summed E-state index contributed by atoms with van der Waals surface area (Å²) in [5, 5.41) is 10.0. The number of carbonyl (C=O) groups is 4. The quantitative estimate of drug-likeness (QED) is 0.0467. The van der Waals surface area contributed by atoms with E-state index in [2.05, 4.69) is 56.3 Å². The van der Waals surface area contributed by atoms with E-state index in [1.807, 2.05) is 65.7 Å². The topological polar surface area (TPSA) is 171 Å². The summed E-state index contributed by atoms with van der Waals surface area (Å²) in [7, 11) is 0. The van der Waals surface area contributed by atoms with Crippen LogP contribution < -0.4 is 16.0 Å². The fraction of sp³-hybridized carbons (Fsp3) is 0.438. The number of unbranched alkanes of at least 4 members (excludes halogenated alkanes) is 1. The number of benzene rings is 3. The summed E-state index contributed by atoms with van der Waals surface area (Å²) in [6.45, 7) is 10.7. The number of alkyl carbamates (subject to hydrolysis) is 1. The van der Waals surface area contributed by atoms with E-state index in [-0.39, 0.29) is 12.6 Å². The van der Waals surface area contributed by atoms with Gasteiger partial charge in [-0.3, -0.25) is 4.79 Å². The highest BCUT2D eigenvalue weighted by Gasteiger charge is 2.37. The fourth-order valence-corrected chi connectivity index (χ4v) is 7.62. The zero-order valence-corrected chi connectivity index (χ0v) is 36.1. The summed E-state index contributed by atoms with van der Waals surface area (Å²) in [6, 6.07) is 26.3. The van der Waals surface area contributed by atoms with Gasteiger partial charge in [0.05, 0.1) is 11.5 Å². The van der Waals surface area contributed by atoms with Crippen LogP contribution in [-0.4, -0.2) is 75.1 Å². The van der Waals surface area contributed by atoms with Gasteiger partial charge in [0.25, 0.3) is 0 Å². The Morgan fingerprint density at radius 1 is 0.852 bits per heavy atom. The van der Waals surface area contributed by atoms with Crippen LogP contribution in [0, 0.1) is 5.92 Å². The molecular weight excluding hydrogens is 771 g/mol. The van der Waals surface area contributed by atoms with Crippen molar-refractivity contribution < 1.29 is 28.7 Å². The van der Waals surface area contributed by atoms with Crippen molar-refractivity contribution in [3.05, 3.63) is 126 Å². The summed E-state index contributed by atoms with van der Waals surface area (Å²) in [6.07, 6.45) is 7.76. The van der Waals surface area contributed by atoms with Crippen LogP contribution in [0.1, 0.15) is 101 Å². The molecule has 1 saturated heterocycles. The first-order valence-corrected chi connectivity index (χ1v) is 21.4. The first kappa shape index (κ1) is 44.4. The third-order valence-corrected chi connectivity index (χ3v) is 11.2. The number of likely N-dealkylation sites (tertiary alicyclic amines) is 1. The second-order valence-corrected chi connectivity index (χ2v) is 17.5. The van der Waals surface area contributed by atoms with Crippen LogP contribution in [0.5, 0.6) is 0 Å². The van der Waals surface area contributed by atoms with Crippen LogP contribution in [-0.2, 0) is 43.9 Å². The number of hydrogen-bond acceptors (Lipinski definition) is 7. The highest BCUT2D eigenvalue weighted by molar-refractivity contribution is 5.91. The Bertz CT molecular complexity index is 2200. The molecule has 13 nitrogen and oxygen atoms in total. The molecule has 0 spiro atoms. The third kappa shape index (κ3) is 12.7. The first-order valence-electron chi connectivity index (χ1n) is 21.4. The number of rotatable bonds is 17. The number of aromatic nitrogens is 3. The van der Waals surface area contributed by atoms with E-state index in [1.54, 1.807) is 40.8 Å². The Morgan fingerprint density at radius 3 is 2.23 bits per heavy atom. The predicted molar refractivity (Wildman–Crippen MR) is 236 cm³/mol. The Labute approximate surface area is 358 Å². The molecular formula is C48H61N7O6. The molecule has 1 fully saturated rings. The van der Waals surface area contributed by atoms with Crippen molar-refractivity contribution in [2.45, 2.75) is 109 Å². The lowest BCUT2D eigenvalue weighted by molar-refractivity contribution is -0.159. The minimum atomic E-state index is -1.15. The Kier molecular flexibility index (Phi) is 14.9. The molecule has 6 rings (SSSR count).